The van der Waals surface area contributed by atoms with Crippen molar-refractivity contribution in [1.82, 2.24) is 33.2 Å². The van der Waals surface area contributed by atoms with Gasteiger partial charge in [0.25, 0.3) is 0 Å². The van der Waals surface area contributed by atoms with Gasteiger partial charge in [-0.1, -0.05) is 158 Å². The number of rotatable bonds is 5. The molecule has 10 aromatic carbocycles. The Labute approximate surface area is 420 Å². The molecule has 8 heteroatoms. The van der Waals surface area contributed by atoms with Crippen molar-refractivity contribution < 1.29 is 11.0 Å². The molecular formula is C63H37N7S. The first kappa shape index (κ1) is 31.6. The Bertz CT molecular complexity index is 5190. The van der Waals surface area contributed by atoms with Crippen LogP contribution in [0.1, 0.15) is 11.0 Å². The molecule has 0 atom stereocenters. The van der Waals surface area contributed by atoms with Crippen LogP contribution in [-0.4, -0.2) is 33.2 Å². The van der Waals surface area contributed by atoms with Gasteiger partial charge in [-0.15, -0.1) is 11.3 Å². The van der Waals surface area contributed by atoms with Crippen LogP contribution in [0.15, 0.2) is 224 Å². The SMILES string of the molecule is [2H]c1c([2H])c([2H])c2c(c1[2H])c1ccccc1n2-c1nc(-c2c(-n3c4ccccc4c4ccccc43)cccc2-n2c3ccccc3c3ccc4sc5ccccc5c4c32)nc(-n2c3ccccc3c3c([2H])c([2H])c([2H])c([2H])c32)n1. The van der Waals surface area contributed by atoms with Crippen molar-refractivity contribution in [3.63, 3.8) is 0 Å². The molecule has 330 valence electrons. The Balaban J connectivity index is 1.15. The Morgan fingerprint density at radius 3 is 1.32 bits per heavy atom. The molecule has 6 heterocycles. The summed E-state index contributed by atoms with van der Waals surface area (Å²) in [5.74, 6) is 0.207. The molecule has 0 saturated heterocycles. The lowest BCUT2D eigenvalue weighted by molar-refractivity contribution is 0.891. The molecule has 0 aliphatic rings. The minimum absolute atomic E-state index is 0.0133. The van der Waals surface area contributed by atoms with E-state index in [1.165, 1.54) is 0 Å². The summed E-state index contributed by atoms with van der Waals surface area (Å²) in [5, 5.41) is 8.08. The highest BCUT2D eigenvalue weighted by Gasteiger charge is 2.28. The van der Waals surface area contributed by atoms with E-state index in [2.05, 4.69) is 106 Å². The van der Waals surface area contributed by atoms with E-state index in [1.807, 2.05) is 78.9 Å². The molecule has 16 rings (SSSR count). The highest BCUT2D eigenvalue weighted by Crippen LogP contribution is 2.46. The van der Waals surface area contributed by atoms with Crippen molar-refractivity contribution in [3.05, 3.63) is 224 Å². The van der Waals surface area contributed by atoms with Gasteiger partial charge >= 0.3 is 0 Å². The molecular weight excluding hydrogens is 887 g/mol. The average molecular weight is 932 g/mol. The summed E-state index contributed by atoms with van der Waals surface area (Å²) >= 11 is 1.74. The van der Waals surface area contributed by atoms with E-state index in [1.54, 1.807) is 20.5 Å². The van der Waals surface area contributed by atoms with E-state index in [4.69, 9.17) is 20.4 Å². The normalized spacial score (nSPS) is 13.8. The van der Waals surface area contributed by atoms with Gasteiger partial charge in [0, 0.05) is 63.3 Å². The smallest absolute Gasteiger partial charge is 0.240 e. The number of aromatic nitrogens is 7. The van der Waals surface area contributed by atoms with Gasteiger partial charge < -0.3 is 9.13 Å². The monoisotopic (exact) mass is 931 g/mol. The summed E-state index contributed by atoms with van der Waals surface area (Å²) in [7, 11) is 0. The van der Waals surface area contributed by atoms with Crippen LogP contribution in [0.25, 0.3) is 142 Å². The summed E-state index contributed by atoms with van der Waals surface area (Å²) in [6, 6.07) is 56.2. The van der Waals surface area contributed by atoms with E-state index in [0.29, 0.717) is 38.1 Å². The molecule has 0 radical (unpaired) electrons. The summed E-state index contributed by atoms with van der Waals surface area (Å²) in [6.45, 7) is 0. The second-order valence-corrected chi connectivity index (χ2v) is 18.8. The third kappa shape index (κ3) is 5.34. The summed E-state index contributed by atoms with van der Waals surface area (Å²) in [6.07, 6.45) is 0. The van der Waals surface area contributed by atoms with Crippen molar-refractivity contribution in [2.45, 2.75) is 0 Å². The topological polar surface area (TPSA) is 58.4 Å². The zero-order valence-corrected chi connectivity index (χ0v) is 38.1. The van der Waals surface area contributed by atoms with Gasteiger partial charge in [0.15, 0.2) is 5.82 Å². The van der Waals surface area contributed by atoms with Crippen LogP contribution < -0.4 is 0 Å². The molecule has 16 aromatic rings. The molecule has 0 unspecified atom stereocenters. The third-order valence-electron chi connectivity index (χ3n) is 14.1. The van der Waals surface area contributed by atoms with Crippen LogP contribution in [0.2, 0.25) is 0 Å². The second kappa shape index (κ2) is 14.6. The number of fused-ring (bicyclic) bond motifs is 16. The Kier molecular flexibility index (Phi) is 6.49. The predicted molar refractivity (Wildman–Crippen MR) is 296 cm³/mol. The molecule has 6 aromatic heterocycles. The Hall–Kier alpha value is -9.37. The van der Waals surface area contributed by atoms with Crippen LogP contribution in [0.5, 0.6) is 0 Å². The highest BCUT2D eigenvalue weighted by molar-refractivity contribution is 7.26. The standard InChI is InChI=1S/C63H37N7S/c1-9-26-47-38(18-1)39-19-2-10-27-48(39)67(47)54-33-17-34-55(68-49-28-11-7-24-44(49)45-36-37-57-58(60(45)68)46-25-8-16-35-56(46)71-57)59(54)61-64-62(69-50-29-12-3-20-40(50)41-21-4-13-30-51(41)69)66-63(65-61)70-52-31-14-5-22-42(52)43-23-6-15-32-53(43)70/h1-37H/i3D,5D,12D,14D,20D,22D,29D,31D. The maximum Gasteiger partial charge on any atom is 0.240 e. The maximum atomic E-state index is 9.57. The lowest BCUT2D eigenvalue weighted by Crippen LogP contribution is -2.12. The van der Waals surface area contributed by atoms with Gasteiger partial charge in [0.05, 0.1) is 72.0 Å². The number of benzene rings is 10. The molecule has 71 heavy (non-hydrogen) atoms. The van der Waals surface area contributed by atoms with Gasteiger partial charge in [-0.3, -0.25) is 9.13 Å². The summed E-state index contributed by atoms with van der Waals surface area (Å²) in [4.78, 5) is 16.5. The zero-order valence-electron chi connectivity index (χ0n) is 45.3. The minimum atomic E-state index is -0.424. The molecule has 0 bridgehead atoms. The molecule has 0 spiro atoms. The van der Waals surface area contributed by atoms with Crippen LogP contribution in [0.3, 0.4) is 0 Å². The average Bonchev–Trinajstić information content (AvgIpc) is 3.61. The molecule has 0 amide bonds. The molecule has 0 aliphatic carbocycles. The van der Waals surface area contributed by atoms with Crippen molar-refractivity contribution in [1.29, 1.82) is 0 Å². The van der Waals surface area contributed by atoms with Gasteiger partial charge in [-0.2, -0.15) is 15.0 Å². The lowest BCUT2D eigenvalue weighted by atomic mass is 10.1. The van der Waals surface area contributed by atoms with Gasteiger partial charge in [0.1, 0.15) is 0 Å². The number of hydrogen-bond donors (Lipinski definition) is 0. The Morgan fingerprint density at radius 1 is 0.324 bits per heavy atom. The summed E-state index contributed by atoms with van der Waals surface area (Å²) in [5.41, 5.74) is 7.17. The lowest BCUT2D eigenvalue weighted by Gasteiger charge is -2.20. The summed E-state index contributed by atoms with van der Waals surface area (Å²) < 4.78 is 83.7. The number of nitrogens with zero attached hydrogens (tertiary/aromatic N) is 7. The van der Waals surface area contributed by atoms with E-state index >= 15 is 0 Å². The molecule has 7 nitrogen and oxygen atoms in total. The molecule has 0 fully saturated rings. The van der Waals surface area contributed by atoms with Crippen LogP contribution in [0, 0.1) is 0 Å². The van der Waals surface area contributed by atoms with Gasteiger partial charge in [-0.25, -0.2) is 0 Å². The highest BCUT2D eigenvalue weighted by atomic mass is 32.1. The number of thiophene rings is 1. The second-order valence-electron chi connectivity index (χ2n) is 17.7. The van der Waals surface area contributed by atoms with Crippen molar-refractivity contribution >= 4 is 119 Å². The first-order valence-corrected chi connectivity index (χ1v) is 24.1. The first-order chi connectivity index (χ1) is 38.6. The number of para-hydroxylation sites is 7. The van der Waals surface area contributed by atoms with Crippen LogP contribution in [-0.2, 0) is 0 Å². The van der Waals surface area contributed by atoms with Crippen molar-refractivity contribution in [2.24, 2.45) is 0 Å². The fraction of sp³-hybridized carbons (Fsp3) is 0. The number of hydrogen-bond acceptors (Lipinski definition) is 4. The fourth-order valence-corrected chi connectivity index (χ4v) is 12.4. The van der Waals surface area contributed by atoms with E-state index in [0.717, 1.165) is 75.2 Å². The van der Waals surface area contributed by atoms with Crippen LogP contribution in [0.4, 0.5) is 0 Å². The molecule has 0 N–H and O–H groups in total. The van der Waals surface area contributed by atoms with Gasteiger partial charge in [0.2, 0.25) is 11.9 Å². The van der Waals surface area contributed by atoms with E-state index in [9.17, 15) is 5.48 Å². The minimum Gasteiger partial charge on any atom is -0.308 e. The Morgan fingerprint density at radius 2 is 0.761 bits per heavy atom. The van der Waals surface area contributed by atoms with E-state index in [-0.39, 0.29) is 65.0 Å². The largest absolute Gasteiger partial charge is 0.308 e. The van der Waals surface area contributed by atoms with Gasteiger partial charge in [-0.05, 0) is 66.7 Å². The van der Waals surface area contributed by atoms with Crippen molar-refractivity contribution in [3.8, 4) is 34.7 Å². The third-order valence-corrected chi connectivity index (χ3v) is 15.2. The fourth-order valence-electron chi connectivity index (χ4n) is 11.2. The van der Waals surface area contributed by atoms with E-state index < -0.39 is 12.1 Å². The molecule has 0 aliphatic heterocycles. The zero-order chi connectivity index (χ0) is 53.3. The molecule has 0 saturated carbocycles. The van der Waals surface area contributed by atoms with Crippen molar-refractivity contribution in [2.75, 3.05) is 0 Å². The first-order valence-electron chi connectivity index (χ1n) is 27.3. The van der Waals surface area contributed by atoms with Crippen LogP contribution >= 0.6 is 11.3 Å². The quantitative estimate of drug-likeness (QED) is 0.173. The maximum absolute atomic E-state index is 9.57. The predicted octanol–water partition coefficient (Wildman–Crippen LogP) is 16.3.